The molecule has 2 N–H and O–H groups in total. The normalized spacial score (nSPS) is 10.7. The van der Waals surface area contributed by atoms with Crippen LogP contribution < -0.4 is 5.32 Å². The predicted molar refractivity (Wildman–Crippen MR) is 62.6 cm³/mol. The van der Waals surface area contributed by atoms with E-state index in [1.165, 1.54) is 18.2 Å². The molecule has 6 nitrogen and oxygen atoms in total. The molecule has 0 saturated heterocycles. The Hall–Kier alpha value is -2.13. The Morgan fingerprint density at radius 1 is 1.59 bits per heavy atom. The van der Waals surface area contributed by atoms with Gasteiger partial charge in [0.2, 0.25) is 0 Å². The fourth-order valence-corrected chi connectivity index (χ4v) is 1.20. The Morgan fingerprint density at radius 2 is 2.24 bits per heavy atom. The number of anilines is 1. The molecule has 0 aliphatic rings. The quantitative estimate of drug-likeness (QED) is 0.610. The molecule has 0 bridgehead atoms. The van der Waals surface area contributed by atoms with Crippen molar-refractivity contribution in [2.45, 2.75) is 19.4 Å². The second kappa shape index (κ2) is 4.80. The molecule has 0 aliphatic carbocycles. The number of nitro benzene ring substituents is 1. The van der Waals surface area contributed by atoms with E-state index in [0.29, 0.717) is 5.69 Å². The molecule has 0 atom stereocenters. The zero-order valence-electron chi connectivity index (χ0n) is 9.60. The number of nitrogens with zero attached hydrogens (tertiary/aromatic N) is 2. The van der Waals surface area contributed by atoms with Crippen molar-refractivity contribution in [3.63, 3.8) is 0 Å². The number of benzene rings is 1. The minimum atomic E-state index is -0.922. The number of nitriles is 1. The Labute approximate surface area is 98.6 Å². The largest absolute Gasteiger partial charge is 0.389 e. The van der Waals surface area contributed by atoms with Crippen LogP contribution in [0.15, 0.2) is 18.2 Å². The molecule has 0 radical (unpaired) electrons. The van der Waals surface area contributed by atoms with Gasteiger partial charge in [0, 0.05) is 18.7 Å². The minimum absolute atomic E-state index is 0.129. The predicted octanol–water partition coefficient (Wildman–Crippen LogP) is 1.65. The summed E-state index contributed by atoms with van der Waals surface area (Å²) >= 11 is 0. The topological polar surface area (TPSA) is 99.2 Å². The lowest BCUT2D eigenvalue weighted by Gasteiger charge is -2.18. The van der Waals surface area contributed by atoms with E-state index in [2.05, 4.69) is 5.32 Å². The second-order valence-electron chi connectivity index (χ2n) is 4.26. The van der Waals surface area contributed by atoms with Gasteiger partial charge in [-0.1, -0.05) is 0 Å². The molecule has 0 spiro atoms. The molecule has 90 valence electrons. The summed E-state index contributed by atoms with van der Waals surface area (Å²) in [6, 6.07) is 5.85. The van der Waals surface area contributed by atoms with E-state index < -0.39 is 10.5 Å². The molecule has 0 heterocycles. The molecule has 1 aromatic carbocycles. The van der Waals surface area contributed by atoms with Gasteiger partial charge in [0.1, 0.15) is 6.07 Å². The zero-order chi connectivity index (χ0) is 13.1. The monoisotopic (exact) mass is 235 g/mol. The number of non-ortho nitro benzene ring substituents is 1. The van der Waals surface area contributed by atoms with Crippen molar-refractivity contribution in [1.29, 1.82) is 5.26 Å². The number of nitrogens with one attached hydrogen (secondary N) is 1. The molecule has 0 amide bonds. The molecule has 0 unspecified atom stereocenters. The molecule has 0 aliphatic heterocycles. The van der Waals surface area contributed by atoms with Gasteiger partial charge in [0.05, 0.1) is 21.8 Å². The lowest BCUT2D eigenvalue weighted by Crippen LogP contribution is -2.29. The average Bonchev–Trinajstić information content (AvgIpc) is 2.24. The fourth-order valence-electron chi connectivity index (χ4n) is 1.20. The van der Waals surface area contributed by atoms with Crippen LogP contribution in [-0.4, -0.2) is 22.2 Å². The third-order valence-electron chi connectivity index (χ3n) is 2.05. The van der Waals surface area contributed by atoms with Crippen molar-refractivity contribution < 1.29 is 10.0 Å². The maximum Gasteiger partial charge on any atom is 0.270 e. The number of hydrogen-bond acceptors (Lipinski definition) is 5. The van der Waals surface area contributed by atoms with Gasteiger partial charge in [-0.2, -0.15) is 5.26 Å². The van der Waals surface area contributed by atoms with Crippen LogP contribution in [0.25, 0.3) is 0 Å². The van der Waals surface area contributed by atoms with Crippen molar-refractivity contribution in [3.05, 3.63) is 33.9 Å². The highest BCUT2D eigenvalue weighted by atomic mass is 16.6. The maximum absolute atomic E-state index is 10.5. The Balaban J connectivity index is 2.95. The van der Waals surface area contributed by atoms with Crippen LogP contribution in [-0.2, 0) is 0 Å². The van der Waals surface area contributed by atoms with Crippen molar-refractivity contribution >= 4 is 11.4 Å². The van der Waals surface area contributed by atoms with Gasteiger partial charge in [0.15, 0.2) is 0 Å². The van der Waals surface area contributed by atoms with Crippen molar-refractivity contribution in [2.75, 3.05) is 11.9 Å². The van der Waals surface area contributed by atoms with Crippen LogP contribution in [0.4, 0.5) is 11.4 Å². The van der Waals surface area contributed by atoms with Crippen molar-refractivity contribution in [3.8, 4) is 6.07 Å². The third-order valence-corrected chi connectivity index (χ3v) is 2.05. The van der Waals surface area contributed by atoms with Gasteiger partial charge in [-0.05, 0) is 19.9 Å². The number of rotatable bonds is 4. The van der Waals surface area contributed by atoms with E-state index in [9.17, 15) is 15.2 Å². The summed E-state index contributed by atoms with van der Waals surface area (Å²) in [5.74, 6) is 0. The number of nitro groups is 1. The lowest BCUT2D eigenvalue weighted by molar-refractivity contribution is -0.384. The number of hydrogen-bond donors (Lipinski definition) is 2. The summed E-state index contributed by atoms with van der Waals surface area (Å²) in [4.78, 5) is 9.98. The Bertz CT molecular complexity index is 472. The first kappa shape index (κ1) is 12.9. The van der Waals surface area contributed by atoms with E-state index >= 15 is 0 Å². The summed E-state index contributed by atoms with van der Waals surface area (Å²) in [5.41, 5.74) is -0.395. The second-order valence-corrected chi connectivity index (χ2v) is 4.26. The van der Waals surface area contributed by atoms with Crippen LogP contribution in [0.3, 0.4) is 0 Å². The standard InChI is InChI=1S/C11H13N3O3/c1-11(2,15)7-13-10-4-3-9(14(16)17)5-8(10)6-12/h3-5,13,15H,7H2,1-2H3. The van der Waals surface area contributed by atoms with Gasteiger partial charge < -0.3 is 10.4 Å². The average molecular weight is 235 g/mol. The van der Waals surface area contributed by atoms with E-state index in [-0.39, 0.29) is 17.8 Å². The van der Waals surface area contributed by atoms with Crippen LogP contribution in [0.5, 0.6) is 0 Å². The Kier molecular flexibility index (Phi) is 3.66. The van der Waals surface area contributed by atoms with Crippen LogP contribution in [0, 0.1) is 21.4 Å². The van der Waals surface area contributed by atoms with Crippen LogP contribution in [0.2, 0.25) is 0 Å². The van der Waals surface area contributed by atoms with E-state index in [4.69, 9.17) is 5.26 Å². The van der Waals surface area contributed by atoms with Crippen molar-refractivity contribution in [1.82, 2.24) is 0 Å². The summed E-state index contributed by atoms with van der Waals surface area (Å²) in [6.07, 6.45) is 0. The highest BCUT2D eigenvalue weighted by molar-refractivity contribution is 5.61. The maximum atomic E-state index is 10.5. The summed E-state index contributed by atoms with van der Waals surface area (Å²) in [7, 11) is 0. The summed E-state index contributed by atoms with van der Waals surface area (Å²) in [5, 5.41) is 31.8. The van der Waals surface area contributed by atoms with Crippen LogP contribution in [0.1, 0.15) is 19.4 Å². The van der Waals surface area contributed by atoms with Crippen molar-refractivity contribution in [2.24, 2.45) is 0 Å². The van der Waals surface area contributed by atoms with E-state index in [1.807, 2.05) is 6.07 Å². The van der Waals surface area contributed by atoms with E-state index in [0.717, 1.165) is 0 Å². The molecule has 0 aromatic heterocycles. The molecule has 0 fully saturated rings. The number of aliphatic hydroxyl groups is 1. The molecular formula is C11H13N3O3. The molecular weight excluding hydrogens is 222 g/mol. The highest BCUT2D eigenvalue weighted by Gasteiger charge is 2.15. The zero-order valence-corrected chi connectivity index (χ0v) is 9.60. The molecule has 1 rings (SSSR count). The Morgan fingerprint density at radius 3 is 2.71 bits per heavy atom. The van der Waals surface area contributed by atoms with Gasteiger partial charge >= 0.3 is 0 Å². The molecule has 17 heavy (non-hydrogen) atoms. The summed E-state index contributed by atoms with van der Waals surface area (Å²) < 4.78 is 0. The minimum Gasteiger partial charge on any atom is -0.389 e. The third kappa shape index (κ3) is 3.74. The van der Waals surface area contributed by atoms with Gasteiger partial charge in [-0.3, -0.25) is 10.1 Å². The summed E-state index contributed by atoms with van der Waals surface area (Å²) in [6.45, 7) is 3.49. The smallest absolute Gasteiger partial charge is 0.270 e. The van der Waals surface area contributed by atoms with Gasteiger partial charge in [-0.25, -0.2) is 0 Å². The molecule has 0 saturated carbocycles. The van der Waals surface area contributed by atoms with Gasteiger partial charge in [-0.15, -0.1) is 0 Å². The first-order valence-electron chi connectivity index (χ1n) is 4.98. The fraction of sp³-hybridized carbons (Fsp3) is 0.364. The van der Waals surface area contributed by atoms with Crippen LogP contribution >= 0.6 is 0 Å². The first-order valence-corrected chi connectivity index (χ1v) is 4.98. The van der Waals surface area contributed by atoms with Gasteiger partial charge in [0.25, 0.3) is 5.69 Å². The first-order chi connectivity index (χ1) is 7.83. The SMILES string of the molecule is CC(C)(O)CNc1ccc([N+](=O)[O-])cc1C#N. The molecule has 1 aromatic rings. The lowest BCUT2D eigenvalue weighted by atomic mass is 10.1. The highest BCUT2D eigenvalue weighted by Crippen LogP contribution is 2.21. The van der Waals surface area contributed by atoms with E-state index in [1.54, 1.807) is 13.8 Å². The molecule has 6 heteroatoms.